The van der Waals surface area contributed by atoms with Crippen molar-refractivity contribution >= 4 is 17.2 Å². The second-order valence-electron chi connectivity index (χ2n) is 6.39. The van der Waals surface area contributed by atoms with Gasteiger partial charge in [-0.1, -0.05) is 44.5 Å². The molecule has 3 nitrogen and oxygen atoms in total. The molecule has 21 heavy (non-hydrogen) atoms. The Bertz CT molecular complexity index is 653. The summed E-state index contributed by atoms with van der Waals surface area (Å²) in [6, 6.07) is 6.27. The summed E-state index contributed by atoms with van der Waals surface area (Å²) in [6.45, 7) is 11.0. The lowest BCUT2D eigenvalue weighted by molar-refractivity contribution is 0.0954. The Kier molecular flexibility index (Phi) is 4.47. The summed E-state index contributed by atoms with van der Waals surface area (Å²) in [5, 5.41) is 3.96. The Morgan fingerprint density at radius 2 is 2.00 bits per heavy atom. The fourth-order valence-electron chi connectivity index (χ4n) is 2.03. The molecule has 0 unspecified atom stereocenters. The minimum absolute atomic E-state index is 0.0171. The van der Waals surface area contributed by atoms with Crippen molar-refractivity contribution in [1.82, 2.24) is 10.3 Å². The fourth-order valence-corrected chi connectivity index (χ4v) is 2.92. The number of hydrogen-bond acceptors (Lipinski definition) is 3. The molecule has 0 aliphatic rings. The van der Waals surface area contributed by atoms with Gasteiger partial charge in [-0.25, -0.2) is 4.98 Å². The van der Waals surface area contributed by atoms with E-state index < -0.39 is 0 Å². The molecule has 0 bridgehead atoms. The molecule has 4 heteroatoms. The van der Waals surface area contributed by atoms with Crippen molar-refractivity contribution < 1.29 is 4.79 Å². The van der Waals surface area contributed by atoms with E-state index in [9.17, 15) is 4.79 Å². The van der Waals surface area contributed by atoms with Crippen LogP contribution in [0.4, 0.5) is 0 Å². The second kappa shape index (κ2) is 5.98. The molecule has 1 aromatic heterocycles. The molecule has 0 spiro atoms. The molecule has 0 atom stereocenters. The molecule has 0 saturated heterocycles. The lowest BCUT2D eigenvalue weighted by atomic mass is 9.98. The number of nitrogens with zero attached hydrogens (tertiary/aromatic N) is 1. The van der Waals surface area contributed by atoms with Gasteiger partial charge >= 0.3 is 0 Å². The molecule has 0 aliphatic heterocycles. The topological polar surface area (TPSA) is 42.0 Å². The van der Waals surface area contributed by atoms with Crippen molar-refractivity contribution in [2.24, 2.45) is 0 Å². The number of carbonyl (C=O) groups excluding carboxylic acids is 1. The first-order chi connectivity index (χ1) is 9.77. The number of rotatable bonds is 3. The van der Waals surface area contributed by atoms with E-state index in [2.05, 4.69) is 63.1 Å². The molecular formula is C17H22N2OS. The molecule has 0 radical (unpaired) electrons. The molecule has 0 aliphatic carbocycles. The van der Waals surface area contributed by atoms with Crippen molar-refractivity contribution in [3.05, 3.63) is 51.0 Å². The van der Waals surface area contributed by atoms with Crippen LogP contribution in [-0.2, 0) is 12.0 Å². The van der Waals surface area contributed by atoms with Crippen LogP contribution in [0.2, 0.25) is 0 Å². The highest BCUT2D eigenvalue weighted by molar-refractivity contribution is 7.13. The van der Waals surface area contributed by atoms with Crippen LogP contribution in [0, 0.1) is 13.8 Å². The average molecular weight is 302 g/mol. The van der Waals surface area contributed by atoms with E-state index in [1.165, 1.54) is 22.5 Å². The number of amides is 1. The normalized spacial score (nSPS) is 11.5. The van der Waals surface area contributed by atoms with Crippen LogP contribution >= 0.6 is 11.3 Å². The Morgan fingerprint density at radius 1 is 1.29 bits per heavy atom. The molecule has 2 aromatic rings. The van der Waals surface area contributed by atoms with E-state index >= 15 is 0 Å². The molecule has 1 aromatic carbocycles. The summed E-state index contributed by atoms with van der Waals surface area (Å²) in [7, 11) is 0. The highest BCUT2D eigenvalue weighted by Crippen LogP contribution is 2.26. The largest absolute Gasteiger partial charge is 0.347 e. The van der Waals surface area contributed by atoms with Crippen molar-refractivity contribution in [2.45, 2.75) is 46.6 Å². The standard InChI is InChI=1S/C17H22N2OS/c1-11-6-7-13(12(2)8-11)9-18-15(20)14-10-19-16(21-14)17(3,4)5/h6-8,10H,9H2,1-5H3,(H,18,20). The van der Waals surface area contributed by atoms with Crippen LogP contribution in [0.3, 0.4) is 0 Å². The molecular weight excluding hydrogens is 280 g/mol. The SMILES string of the molecule is Cc1ccc(CNC(=O)c2cnc(C(C)(C)C)s2)c(C)c1. The van der Waals surface area contributed by atoms with Gasteiger partial charge in [0.25, 0.3) is 5.91 Å². The first kappa shape index (κ1) is 15.7. The van der Waals surface area contributed by atoms with E-state index in [0.717, 1.165) is 10.6 Å². The van der Waals surface area contributed by atoms with Gasteiger partial charge in [0.15, 0.2) is 0 Å². The zero-order chi connectivity index (χ0) is 15.6. The van der Waals surface area contributed by atoms with Gasteiger partial charge in [0.2, 0.25) is 0 Å². The Labute approximate surface area is 130 Å². The zero-order valence-corrected chi connectivity index (χ0v) is 14.1. The van der Waals surface area contributed by atoms with E-state index in [1.807, 2.05) is 0 Å². The Morgan fingerprint density at radius 3 is 2.57 bits per heavy atom. The number of aryl methyl sites for hydroxylation is 2. The third-order valence-corrected chi connectivity index (χ3v) is 4.73. The summed E-state index contributed by atoms with van der Waals surface area (Å²) in [6.07, 6.45) is 1.67. The highest BCUT2D eigenvalue weighted by atomic mass is 32.1. The first-order valence-electron chi connectivity index (χ1n) is 7.08. The van der Waals surface area contributed by atoms with E-state index in [1.54, 1.807) is 6.20 Å². The number of thiazole rings is 1. The van der Waals surface area contributed by atoms with Crippen molar-refractivity contribution in [3.63, 3.8) is 0 Å². The van der Waals surface area contributed by atoms with Gasteiger partial charge in [-0.3, -0.25) is 4.79 Å². The monoisotopic (exact) mass is 302 g/mol. The number of benzene rings is 1. The third kappa shape index (κ3) is 3.91. The molecule has 0 fully saturated rings. The molecule has 1 heterocycles. The molecule has 0 saturated carbocycles. The van der Waals surface area contributed by atoms with Gasteiger partial charge in [-0.15, -0.1) is 11.3 Å². The van der Waals surface area contributed by atoms with Crippen LogP contribution in [0.25, 0.3) is 0 Å². The number of hydrogen-bond donors (Lipinski definition) is 1. The smallest absolute Gasteiger partial charge is 0.263 e. The van der Waals surface area contributed by atoms with Crippen LogP contribution in [0.1, 0.15) is 52.1 Å². The van der Waals surface area contributed by atoms with E-state index in [-0.39, 0.29) is 11.3 Å². The van der Waals surface area contributed by atoms with Crippen LogP contribution < -0.4 is 5.32 Å². The molecule has 1 N–H and O–H groups in total. The molecule has 112 valence electrons. The van der Waals surface area contributed by atoms with Crippen molar-refractivity contribution in [3.8, 4) is 0 Å². The van der Waals surface area contributed by atoms with Gasteiger partial charge in [0, 0.05) is 12.0 Å². The summed E-state index contributed by atoms with van der Waals surface area (Å²) in [5.41, 5.74) is 3.57. The maximum Gasteiger partial charge on any atom is 0.263 e. The van der Waals surface area contributed by atoms with E-state index in [4.69, 9.17) is 0 Å². The molecule has 2 rings (SSSR count). The van der Waals surface area contributed by atoms with Crippen molar-refractivity contribution in [1.29, 1.82) is 0 Å². The van der Waals surface area contributed by atoms with Crippen LogP contribution in [0.15, 0.2) is 24.4 Å². The quantitative estimate of drug-likeness (QED) is 0.931. The fraction of sp³-hybridized carbons (Fsp3) is 0.412. The third-order valence-electron chi connectivity index (χ3n) is 3.31. The molecule has 1 amide bonds. The van der Waals surface area contributed by atoms with Gasteiger partial charge < -0.3 is 5.32 Å². The zero-order valence-electron chi connectivity index (χ0n) is 13.3. The van der Waals surface area contributed by atoms with Crippen molar-refractivity contribution in [2.75, 3.05) is 0 Å². The van der Waals surface area contributed by atoms with E-state index in [0.29, 0.717) is 11.4 Å². The predicted octanol–water partition coefficient (Wildman–Crippen LogP) is 3.99. The average Bonchev–Trinajstić information content (AvgIpc) is 2.87. The number of nitrogens with one attached hydrogen (secondary N) is 1. The summed E-state index contributed by atoms with van der Waals surface area (Å²) in [4.78, 5) is 17.2. The predicted molar refractivity (Wildman–Crippen MR) is 87.9 cm³/mol. The summed E-state index contributed by atoms with van der Waals surface area (Å²) < 4.78 is 0. The second-order valence-corrected chi connectivity index (χ2v) is 7.42. The number of carbonyl (C=O) groups is 1. The number of aromatic nitrogens is 1. The van der Waals surface area contributed by atoms with Gasteiger partial charge in [0.05, 0.1) is 11.2 Å². The van der Waals surface area contributed by atoms with Gasteiger partial charge in [-0.2, -0.15) is 0 Å². The lowest BCUT2D eigenvalue weighted by Crippen LogP contribution is -2.22. The summed E-state index contributed by atoms with van der Waals surface area (Å²) in [5.74, 6) is -0.0528. The lowest BCUT2D eigenvalue weighted by Gasteiger charge is -2.13. The first-order valence-corrected chi connectivity index (χ1v) is 7.89. The minimum atomic E-state index is -0.0528. The minimum Gasteiger partial charge on any atom is -0.347 e. The van der Waals surface area contributed by atoms with Crippen LogP contribution in [-0.4, -0.2) is 10.9 Å². The maximum absolute atomic E-state index is 12.2. The Balaban J connectivity index is 2.03. The maximum atomic E-state index is 12.2. The highest BCUT2D eigenvalue weighted by Gasteiger charge is 2.20. The van der Waals surface area contributed by atoms with Gasteiger partial charge in [0.1, 0.15) is 4.88 Å². The van der Waals surface area contributed by atoms with Gasteiger partial charge in [-0.05, 0) is 25.0 Å². The Hall–Kier alpha value is -1.68. The van der Waals surface area contributed by atoms with Crippen LogP contribution in [0.5, 0.6) is 0 Å². The summed E-state index contributed by atoms with van der Waals surface area (Å²) >= 11 is 1.47.